The van der Waals surface area contributed by atoms with Crippen LogP contribution in [0.25, 0.3) is 11.1 Å². The van der Waals surface area contributed by atoms with E-state index in [1.807, 2.05) is 24.3 Å². The lowest BCUT2D eigenvalue weighted by Gasteiger charge is -2.03. The number of halogens is 1. The van der Waals surface area contributed by atoms with Crippen molar-refractivity contribution in [2.24, 2.45) is 0 Å². The zero-order valence-electron chi connectivity index (χ0n) is 9.34. The number of oxazole rings is 1. The molecule has 0 bridgehead atoms. The minimum absolute atomic E-state index is 0.286. The molecule has 0 saturated carbocycles. The highest BCUT2D eigenvalue weighted by molar-refractivity contribution is 9.10. The standard InChI is InChI=1S/C13H10BrNO3/c14-12-6-5-11(17-12)9(16)7-13-15-8-3-1-2-4-10(8)18-13/h1-6,9,16H,7H2. The van der Waals surface area contributed by atoms with Crippen molar-refractivity contribution in [1.82, 2.24) is 4.98 Å². The van der Waals surface area contributed by atoms with Crippen molar-refractivity contribution in [1.29, 1.82) is 0 Å². The Kier molecular flexibility index (Phi) is 2.93. The predicted molar refractivity (Wildman–Crippen MR) is 69.1 cm³/mol. The highest BCUT2D eigenvalue weighted by Crippen LogP contribution is 2.24. The van der Waals surface area contributed by atoms with Crippen LogP contribution in [0.1, 0.15) is 17.8 Å². The quantitative estimate of drug-likeness (QED) is 0.805. The fourth-order valence-corrected chi connectivity index (χ4v) is 2.10. The van der Waals surface area contributed by atoms with Crippen LogP contribution < -0.4 is 0 Å². The lowest BCUT2D eigenvalue weighted by atomic mass is 10.2. The van der Waals surface area contributed by atoms with Crippen molar-refractivity contribution in [3.63, 3.8) is 0 Å². The zero-order valence-corrected chi connectivity index (χ0v) is 10.9. The summed E-state index contributed by atoms with van der Waals surface area (Å²) in [4.78, 5) is 4.30. The maximum atomic E-state index is 10.00. The minimum Gasteiger partial charge on any atom is -0.452 e. The van der Waals surface area contributed by atoms with Gasteiger partial charge in [-0.1, -0.05) is 12.1 Å². The van der Waals surface area contributed by atoms with Crippen LogP contribution in [0.15, 0.2) is 49.9 Å². The molecule has 1 N–H and O–H groups in total. The van der Waals surface area contributed by atoms with E-state index < -0.39 is 6.10 Å². The molecule has 3 aromatic rings. The van der Waals surface area contributed by atoms with Crippen LogP contribution in [-0.4, -0.2) is 10.1 Å². The van der Waals surface area contributed by atoms with Crippen molar-refractivity contribution in [3.8, 4) is 0 Å². The molecule has 1 atom stereocenters. The summed E-state index contributed by atoms with van der Waals surface area (Å²) < 4.78 is 11.4. The average Bonchev–Trinajstić information content (AvgIpc) is 2.94. The molecule has 1 unspecified atom stereocenters. The lowest BCUT2D eigenvalue weighted by Crippen LogP contribution is -2.00. The molecule has 0 fully saturated rings. The van der Waals surface area contributed by atoms with E-state index in [1.54, 1.807) is 12.1 Å². The molecule has 2 heterocycles. The molecule has 0 aliphatic heterocycles. The Morgan fingerprint density at radius 2 is 2.00 bits per heavy atom. The summed E-state index contributed by atoms with van der Waals surface area (Å²) in [6.45, 7) is 0. The number of aliphatic hydroxyl groups excluding tert-OH is 1. The van der Waals surface area contributed by atoms with Gasteiger partial charge >= 0.3 is 0 Å². The van der Waals surface area contributed by atoms with Gasteiger partial charge in [0.25, 0.3) is 0 Å². The Hall–Kier alpha value is -1.59. The Bertz CT molecular complexity index is 640. The van der Waals surface area contributed by atoms with E-state index in [1.165, 1.54) is 0 Å². The molecule has 0 saturated heterocycles. The van der Waals surface area contributed by atoms with Crippen LogP contribution >= 0.6 is 15.9 Å². The van der Waals surface area contributed by atoms with E-state index in [4.69, 9.17) is 8.83 Å². The zero-order chi connectivity index (χ0) is 12.5. The Labute approximate surface area is 111 Å². The molecular weight excluding hydrogens is 298 g/mol. The number of fused-ring (bicyclic) bond motifs is 1. The van der Waals surface area contributed by atoms with E-state index >= 15 is 0 Å². The summed E-state index contributed by atoms with van der Waals surface area (Å²) in [6, 6.07) is 11.0. The topological polar surface area (TPSA) is 59.4 Å². The van der Waals surface area contributed by atoms with Crippen molar-refractivity contribution < 1.29 is 13.9 Å². The SMILES string of the molecule is OC(Cc1nc2ccccc2o1)c1ccc(Br)o1. The highest BCUT2D eigenvalue weighted by Gasteiger charge is 2.16. The number of rotatable bonds is 3. The molecular formula is C13H10BrNO3. The number of hydrogen-bond acceptors (Lipinski definition) is 4. The maximum Gasteiger partial charge on any atom is 0.198 e. The number of furan rings is 1. The van der Waals surface area contributed by atoms with Gasteiger partial charge in [-0.3, -0.25) is 0 Å². The second-order valence-corrected chi connectivity index (χ2v) is 4.72. The van der Waals surface area contributed by atoms with Crippen molar-refractivity contribution in [2.75, 3.05) is 0 Å². The predicted octanol–water partition coefficient (Wildman–Crippen LogP) is 3.46. The first-order valence-corrected chi connectivity index (χ1v) is 6.29. The molecule has 0 amide bonds. The number of benzene rings is 1. The van der Waals surface area contributed by atoms with Crippen LogP contribution in [0.3, 0.4) is 0 Å². The second-order valence-electron chi connectivity index (χ2n) is 3.94. The minimum atomic E-state index is -0.760. The largest absolute Gasteiger partial charge is 0.452 e. The highest BCUT2D eigenvalue weighted by atomic mass is 79.9. The van der Waals surface area contributed by atoms with Gasteiger partial charge in [-0.25, -0.2) is 4.98 Å². The van der Waals surface area contributed by atoms with E-state index in [0.29, 0.717) is 16.3 Å². The van der Waals surface area contributed by atoms with E-state index in [9.17, 15) is 5.11 Å². The first-order chi connectivity index (χ1) is 8.72. The second kappa shape index (κ2) is 4.59. The average molecular weight is 308 g/mol. The maximum absolute atomic E-state index is 10.00. The van der Waals surface area contributed by atoms with Gasteiger partial charge in [-0.05, 0) is 40.2 Å². The van der Waals surface area contributed by atoms with E-state index in [2.05, 4.69) is 20.9 Å². The molecule has 18 heavy (non-hydrogen) atoms. The summed E-state index contributed by atoms with van der Waals surface area (Å²) in [7, 11) is 0. The summed E-state index contributed by atoms with van der Waals surface area (Å²) >= 11 is 3.20. The monoisotopic (exact) mass is 307 g/mol. The molecule has 0 aliphatic rings. The van der Waals surface area contributed by atoms with Crippen molar-refractivity contribution in [3.05, 3.63) is 52.7 Å². The molecule has 0 aliphatic carbocycles. The molecule has 0 spiro atoms. The van der Waals surface area contributed by atoms with E-state index in [0.717, 1.165) is 11.1 Å². The third-order valence-electron chi connectivity index (χ3n) is 2.63. The van der Waals surface area contributed by atoms with Gasteiger partial charge in [0.15, 0.2) is 16.1 Å². The molecule has 0 radical (unpaired) electrons. The first-order valence-electron chi connectivity index (χ1n) is 5.50. The molecule has 5 heteroatoms. The van der Waals surface area contributed by atoms with E-state index in [-0.39, 0.29) is 6.42 Å². The van der Waals surface area contributed by atoms with Crippen molar-refractivity contribution in [2.45, 2.75) is 12.5 Å². The van der Waals surface area contributed by atoms with Crippen LogP contribution in [-0.2, 0) is 6.42 Å². The summed E-state index contributed by atoms with van der Waals surface area (Å²) in [5.41, 5.74) is 1.51. The van der Waals surface area contributed by atoms with Gasteiger partial charge in [-0.15, -0.1) is 0 Å². The molecule has 2 aromatic heterocycles. The third-order valence-corrected chi connectivity index (χ3v) is 3.05. The van der Waals surface area contributed by atoms with Gasteiger partial charge in [-0.2, -0.15) is 0 Å². The molecule has 4 nitrogen and oxygen atoms in total. The Morgan fingerprint density at radius 1 is 1.17 bits per heavy atom. The lowest BCUT2D eigenvalue weighted by molar-refractivity contribution is 0.141. The molecule has 92 valence electrons. The smallest absolute Gasteiger partial charge is 0.198 e. The fourth-order valence-electron chi connectivity index (χ4n) is 1.78. The molecule has 1 aromatic carbocycles. The van der Waals surface area contributed by atoms with Gasteiger partial charge in [0, 0.05) is 0 Å². The van der Waals surface area contributed by atoms with Gasteiger partial charge < -0.3 is 13.9 Å². The summed E-state index contributed by atoms with van der Waals surface area (Å²) in [5.74, 6) is 0.986. The van der Waals surface area contributed by atoms with Gasteiger partial charge in [0.2, 0.25) is 0 Å². The Balaban J connectivity index is 1.83. The first kappa shape index (κ1) is 11.5. The van der Waals surface area contributed by atoms with Crippen molar-refractivity contribution >= 4 is 27.0 Å². The fraction of sp³-hybridized carbons (Fsp3) is 0.154. The normalized spacial score (nSPS) is 13.0. The Morgan fingerprint density at radius 3 is 2.72 bits per heavy atom. The number of para-hydroxylation sites is 2. The van der Waals surface area contributed by atoms with Crippen LogP contribution in [0.4, 0.5) is 0 Å². The van der Waals surface area contributed by atoms with Crippen LogP contribution in [0, 0.1) is 0 Å². The number of aliphatic hydroxyl groups is 1. The summed E-state index contributed by atoms with van der Waals surface area (Å²) in [6.07, 6.45) is -0.474. The molecule has 3 rings (SSSR count). The number of nitrogens with zero attached hydrogens (tertiary/aromatic N) is 1. The number of aromatic nitrogens is 1. The van der Waals surface area contributed by atoms with Crippen LogP contribution in [0.2, 0.25) is 0 Å². The van der Waals surface area contributed by atoms with Gasteiger partial charge in [0.1, 0.15) is 17.4 Å². The summed E-state index contributed by atoms with van der Waals surface area (Å²) in [5, 5.41) is 10.00. The number of hydrogen-bond donors (Lipinski definition) is 1. The van der Waals surface area contributed by atoms with Crippen LogP contribution in [0.5, 0.6) is 0 Å². The third kappa shape index (κ3) is 2.19. The van der Waals surface area contributed by atoms with Gasteiger partial charge in [0.05, 0.1) is 6.42 Å².